The highest BCUT2D eigenvalue weighted by atomic mass is 19.4. The van der Waals surface area contributed by atoms with Crippen LogP contribution in [0.3, 0.4) is 0 Å². The lowest BCUT2D eigenvalue weighted by Gasteiger charge is -2.16. The van der Waals surface area contributed by atoms with E-state index >= 15 is 0 Å². The van der Waals surface area contributed by atoms with Crippen molar-refractivity contribution in [1.82, 2.24) is 20.4 Å². The van der Waals surface area contributed by atoms with Crippen molar-refractivity contribution < 1.29 is 17.9 Å². The van der Waals surface area contributed by atoms with Gasteiger partial charge in [-0.2, -0.15) is 18.3 Å². The third-order valence-corrected chi connectivity index (χ3v) is 4.61. The van der Waals surface area contributed by atoms with Gasteiger partial charge in [-0.3, -0.25) is 9.67 Å². The third kappa shape index (κ3) is 6.69. The normalized spacial score (nSPS) is 12.2. The monoisotopic (exact) mass is 411 g/mol. The number of guanidine groups is 1. The number of aromatic nitrogens is 2. The molecule has 0 atom stereocenters. The van der Waals surface area contributed by atoms with Crippen LogP contribution in [0.2, 0.25) is 0 Å². The van der Waals surface area contributed by atoms with Crippen LogP contribution in [0.25, 0.3) is 0 Å². The van der Waals surface area contributed by atoms with Crippen LogP contribution in [0.4, 0.5) is 13.2 Å². The second kappa shape index (κ2) is 9.67. The van der Waals surface area contributed by atoms with Crippen molar-refractivity contribution in [3.63, 3.8) is 0 Å². The summed E-state index contributed by atoms with van der Waals surface area (Å²) in [5, 5.41) is 10.7. The molecule has 0 unspecified atom stereocenters. The van der Waals surface area contributed by atoms with E-state index in [0.717, 1.165) is 23.4 Å². The van der Waals surface area contributed by atoms with Gasteiger partial charge in [-0.1, -0.05) is 12.1 Å². The van der Waals surface area contributed by atoms with Crippen molar-refractivity contribution in [1.29, 1.82) is 0 Å². The Morgan fingerprint density at radius 2 is 1.93 bits per heavy atom. The van der Waals surface area contributed by atoms with Gasteiger partial charge >= 0.3 is 6.18 Å². The smallest absolute Gasteiger partial charge is 0.422 e. The lowest BCUT2D eigenvalue weighted by Crippen LogP contribution is -2.38. The fourth-order valence-corrected chi connectivity index (χ4v) is 2.99. The quantitative estimate of drug-likeness (QED) is 0.543. The molecular formula is C20H28F3N5O. The number of nitrogens with one attached hydrogen (secondary N) is 2. The summed E-state index contributed by atoms with van der Waals surface area (Å²) in [6.45, 7) is 5.44. The summed E-state index contributed by atoms with van der Waals surface area (Å²) in [5.41, 5.74) is 4.77. The van der Waals surface area contributed by atoms with Gasteiger partial charge in [-0.15, -0.1) is 0 Å². The zero-order valence-electron chi connectivity index (χ0n) is 17.4. The molecule has 0 spiro atoms. The van der Waals surface area contributed by atoms with Gasteiger partial charge in [0.15, 0.2) is 12.6 Å². The van der Waals surface area contributed by atoms with Gasteiger partial charge in [0, 0.05) is 38.4 Å². The molecular weight excluding hydrogens is 383 g/mol. The number of rotatable bonds is 7. The molecule has 0 saturated carbocycles. The molecule has 2 N–H and O–H groups in total. The van der Waals surface area contributed by atoms with Crippen molar-refractivity contribution in [3.8, 4) is 5.75 Å². The van der Waals surface area contributed by atoms with Gasteiger partial charge in [0.05, 0.1) is 5.69 Å². The number of benzene rings is 1. The SMILES string of the molecule is CN=C(NCCc1c(C)nn(C)c1C)NCc1ccc(C)cc1OCC(F)(F)F. The Bertz CT molecular complexity index is 859. The summed E-state index contributed by atoms with van der Waals surface area (Å²) in [5.74, 6) is 0.776. The Morgan fingerprint density at radius 1 is 1.21 bits per heavy atom. The molecule has 0 bridgehead atoms. The van der Waals surface area contributed by atoms with E-state index in [2.05, 4.69) is 20.7 Å². The molecule has 0 aliphatic heterocycles. The van der Waals surface area contributed by atoms with E-state index in [0.29, 0.717) is 18.1 Å². The number of aliphatic imine (C=N–C) groups is 1. The summed E-state index contributed by atoms with van der Waals surface area (Å²) in [4.78, 5) is 4.17. The van der Waals surface area contributed by atoms with Crippen molar-refractivity contribution in [2.75, 3.05) is 20.2 Å². The van der Waals surface area contributed by atoms with Crippen LogP contribution in [-0.2, 0) is 20.0 Å². The standard InChI is InChI=1S/C20H28F3N5O/c1-13-6-7-16(18(10-13)29-12-20(21,22)23)11-26-19(24-4)25-9-8-17-14(2)27-28(5)15(17)3/h6-7,10H,8-9,11-12H2,1-5H3,(H2,24,25,26). The fourth-order valence-electron chi connectivity index (χ4n) is 2.99. The van der Waals surface area contributed by atoms with E-state index in [4.69, 9.17) is 4.74 Å². The maximum Gasteiger partial charge on any atom is 0.422 e. The van der Waals surface area contributed by atoms with Crippen molar-refractivity contribution in [2.45, 2.75) is 39.9 Å². The molecule has 1 aromatic heterocycles. The van der Waals surface area contributed by atoms with E-state index < -0.39 is 12.8 Å². The molecule has 1 aromatic carbocycles. The maximum absolute atomic E-state index is 12.5. The van der Waals surface area contributed by atoms with Gasteiger partial charge in [-0.05, 0) is 44.4 Å². The topological polar surface area (TPSA) is 63.5 Å². The summed E-state index contributed by atoms with van der Waals surface area (Å²) >= 11 is 0. The van der Waals surface area contributed by atoms with E-state index in [1.54, 1.807) is 26.1 Å². The van der Waals surface area contributed by atoms with Crippen LogP contribution in [0, 0.1) is 20.8 Å². The number of hydrogen-bond acceptors (Lipinski definition) is 3. The van der Waals surface area contributed by atoms with Crippen LogP contribution < -0.4 is 15.4 Å². The first-order valence-corrected chi connectivity index (χ1v) is 9.33. The van der Waals surface area contributed by atoms with Gasteiger partial charge in [0.1, 0.15) is 5.75 Å². The van der Waals surface area contributed by atoms with Crippen LogP contribution >= 0.6 is 0 Å². The fraction of sp³-hybridized carbons (Fsp3) is 0.500. The molecule has 29 heavy (non-hydrogen) atoms. The molecule has 0 radical (unpaired) electrons. The number of alkyl halides is 3. The lowest BCUT2D eigenvalue weighted by atomic mass is 10.1. The minimum absolute atomic E-state index is 0.215. The van der Waals surface area contributed by atoms with Gasteiger partial charge in [0.2, 0.25) is 0 Å². The molecule has 0 saturated heterocycles. The molecule has 1 heterocycles. The highest BCUT2D eigenvalue weighted by Gasteiger charge is 2.28. The molecule has 0 fully saturated rings. The van der Waals surface area contributed by atoms with Crippen LogP contribution in [0.1, 0.15) is 28.1 Å². The third-order valence-electron chi connectivity index (χ3n) is 4.61. The first kappa shape index (κ1) is 22.6. The first-order valence-electron chi connectivity index (χ1n) is 9.33. The van der Waals surface area contributed by atoms with E-state index in [9.17, 15) is 13.2 Å². The Balaban J connectivity index is 1.93. The minimum atomic E-state index is -4.38. The van der Waals surface area contributed by atoms with E-state index in [-0.39, 0.29) is 12.3 Å². The predicted molar refractivity (Wildman–Crippen MR) is 107 cm³/mol. The Labute approximate surface area is 169 Å². The molecule has 0 aliphatic rings. The van der Waals surface area contributed by atoms with E-state index in [1.165, 1.54) is 5.56 Å². The zero-order chi connectivity index (χ0) is 21.6. The molecule has 2 aromatic rings. The summed E-state index contributed by atoms with van der Waals surface area (Å²) in [7, 11) is 3.56. The van der Waals surface area contributed by atoms with Crippen molar-refractivity contribution >= 4 is 5.96 Å². The molecule has 6 nitrogen and oxygen atoms in total. The summed E-state index contributed by atoms with van der Waals surface area (Å²) < 4.78 is 44.4. The highest BCUT2D eigenvalue weighted by Crippen LogP contribution is 2.23. The first-order chi connectivity index (χ1) is 13.6. The average Bonchev–Trinajstić information content (AvgIpc) is 2.89. The van der Waals surface area contributed by atoms with Gasteiger partial charge in [-0.25, -0.2) is 0 Å². The highest BCUT2D eigenvalue weighted by molar-refractivity contribution is 5.79. The summed E-state index contributed by atoms with van der Waals surface area (Å²) in [6, 6.07) is 5.19. The molecule has 9 heteroatoms. The molecule has 0 amide bonds. The Hall–Kier alpha value is -2.71. The second-order valence-electron chi connectivity index (χ2n) is 6.89. The number of nitrogens with zero attached hydrogens (tertiary/aromatic N) is 3. The van der Waals surface area contributed by atoms with Crippen LogP contribution in [0.15, 0.2) is 23.2 Å². The van der Waals surface area contributed by atoms with Crippen molar-refractivity contribution in [3.05, 3.63) is 46.3 Å². The molecule has 0 aliphatic carbocycles. The number of halogens is 3. The van der Waals surface area contributed by atoms with Gasteiger partial charge in [0.25, 0.3) is 0 Å². The summed E-state index contributed by atoms with van der Waals surface area (Å²) in [6.07, 6.45) is -3.59. The maximum atomic E-state index is 12.5. The minimum Gasteiger partial charge on any atom is -0.484 e. The Morgan fingerprint density at radius 3 is 2.52 bits per heavy atom. The predicted octanol–water partition coefficient (Wildman–Crippen LogP) is 3.19. The van der Waals surface area contributed by atoms with E-state index in [1.807, 2.05) is 31.6 Å². The number of aryl methyl sites for hydroxylation is 3. The van der Waals surface area contributed by atoms with Crippen molar-refractivity contribution in [2.24, 2.45) is 12.0 Å². The Kier molecular flexibility index (Phi) is 7.53. The van der Waals surface area contributed by atoms with Gasteiger partial charge < -0.3 is 15.4 Å². The number of ether oxygens (including phenoxy) is 1. The van der Waals surface area contributed by atoms with Crippen LogP contribution in [-0.4, -0.2) is 42.1 Å². The number of hydrogen-bond donors (Lipinski definition) is 2. The molecule has 2 rings (SSSR count). The average molecular weight is 411 g/mol. The lowest BCUT2D eigenvalue weighted by molar-refractivity contribution is -0.153. The largest absolute Gasteiger partial charge is 0.484 e. The zero-order valence-corrected chi connectivity index (χ0v) is 17.4. The second-order valence-corrected chi connectivity index (χ2v) is 6.89. The van der Waals surface area contributed by atoms with Crippen LogP contribution in [0.5, 0.6) is 5.75 Å². The molecule has 160 valence electrons.